The van der Waals surface area contributed by atoms with E-state index >= 15 is 0 Å². The zero-order valence-electron chi connectivity index (χ0n) is 9.15. The molecule has 90 valence electrons. The van der Waals surface area contributed by atoms with Gasteiger partial charge in [-0.2, -0.15) is 5.26 Å². The maximum atomic E-state index is 13.2. The highest BCUT2D eigenvalue weighted by atomic mass is 35.5. The normalized spacial score (nSPS) is 9.83. The highest BCUT2D eigenvalue weighted by Crippen LogP contribution is 2.32. The molecule has 0 unspecified atom stereocenters. The van der Waals surface area contributed by atoms with E-state index in [1.807, 2.05) is 6.07 Å². The van der Waals surface area contributed by atoms with Gasteiger partial charge in [0, 0.05) is 6.07 Å². The molecule has 2 rings (SSSR count). The van der Waals surface area contributed by atoms with Crippen molar-refractivity contribution in [3.8, 4) is 17.6 Å². The summed E-state index contributed by atoms with van der Waals surface area (Å²) in [4.78, 5) is 0. The molecule has 0 aliphatic rings. The van der Waals surface area contributed by atoms with E-state index in [1.54, 1.807) is 24.3 Å². The SMILES string of the molecule is N#Cc1cc(F)c(N)cc1Oc1ccccc1Cl. The number of para-hydroxylation sites is 1. The van der Waals surface area contributed by atoms with Gasteiger partial charge < -0.3 is 10.5 Å². The fraction of sp³-hybridized carbons (Fsp3) is 0. The second-order valence-corrected chi connectivity index (χ2v) is 3.92. The first kappa shape index (κ1) is 12.2. The predicted octanol–water partition coefficient (Wildman–Crippen LogP) is 3.73. The number of nitrogen functional groups attached to an aromatic ring is 1. The lowest BCUT2D eigenvalue weighted by atomic mass is 10.2. The smallest absolute Gasteiger partial charge is 0.147 e. The van der Waals surface area contributed by atoms with Gasteiger partial charge in [-0.25, -0.2) is 4.39 Å². The molecule has 0 saturated carbocycles. The fourth-order valence-electron chi connectivity index (χ4n) is 1.39. The van der Waals surface area contributed by atoms with Crippen LogP contribution in [0.3, 0.4) is 0 Å². The van der Waals surface area contributed by atoms with Crippen LogP contribution in [0.5, 0.6) is 11.5 Å². The minimum absolute atomic E-state index is 0.0571. The highest BCUT2D eigenvalue weighted by Gasteiger charge is 2.11. The van der Waals surface area contributed by atoms with Gasteiger partial charge in [0.15, 0.2) is 0 Å². The van der Waals surface area contributed by atoms with Crippen molar-refractivity contribution in [1.82, 2.24) is 0 Å². The van der Waals surface area contributed by atoms with Crippen LogP contribution in [0.15, 0.2) is 36.4 Å². The molecule has 0 atom stereocenters. The number of benzene rings is 2. The van der Waals surface area contributed by atoms with Crippen LogP contribution in [-0.4, -0.2) is 0 Å². The Morgan fingerprint density at radius 1 is 1.22 bits per heavy atom. The number of rotatable bonds is 2. The quantitative estimate of drug-likeness (QED) is 0.839. The summed E-state index contributed by atoms with van der Waals surface area (Å²) in [5, 5.41) is 9.30. The molecule has 0 fully saturated rings. The second kappa shape index (κ2) is 4.94. The van der Waals surface area contributed by atoms with E-state index < -0.39 is 5.82 Å². The molecule has 0 aromatic heterocycles. The summed E-state index contributed by atoms with van der Waals surface area (Å²) < 4.78 is 18.7. The molecule has 0 aliphatic carbocycles. The predicted molar refractivity (Wildman–Crippen MR) is 67.1 cm³/mol. The number of nitriles is 1. The van der Waals surface area contributed by atoms with Crippen LogP contribution >= 0.6 is 11.6 Å². The topological polar surface area (TPSA) is 59.0 Å². The Labute approximate surface area is 108 Å². The summed E-state index contributed by atoms with van der Waals surface area (Å²) in [5.41, 5.74) is 5.41. The molecule has 0 heterocycles. The number of halogens is 2. The van der Waals surface area contributed by atoms with E-state index in [-0.39, 0.29) is 17.0 Å². The summed E-state index contributed by atoms with van der Waals surface area (Å²) in [6.45, 7) is 0. The third-order valence-electron chi connectivity index (χ3n) is 2.28. The lowest BCUT2D eigenvalue weighted by Gasteiger charge is -2.09. The van der Waals surface area contributed by atoms with Crippen LogP contribution in [0.1, 0.15) is 5.56 Å². The maximum absolute atomic E-state index is 13.2. The Kier molecular flexibility index (Phi) is 3.35. The monoisotopic (exact) mass is 262 g/mol. The van der Waals surface area contributed by atoms with Gasteiger partial charge in [0.1, 0.15) is 23.4 Å². The van der Waals surface area contributed by atoms with Crippen molar-refractivity contribution in [2.45, 2.75) is 0 Å². The summed E-state index contributed by atoms with van der Waals surface area (Å²) >= 11 is 5.93. The largest absolute Gasteiger partial charge is 0.454 e. The molecule has 0 bridgehead atoms. The van der Waals surface area contributed by atoms with Crippen LogP contribution < -0.4 is 10.5 Å². The van der Waals surface area contributed by atoms with Crippen LogP contribution in [0.25, 0.3) is 0 Å². The van der Waals surface area contributed by atoms with E-state index in [9.17, 15) is 4.39 Å². The molecule has 0 aliphatic heterocycles. The summed E-state index contributed by atoms with van der Waals surface area (Å²) in [7, 11) is 0. The Hall–Kier alpha value is -2.25. The summed E-state index contributed by atoms with van der Waals surface area (Å²) in [5.74, 6) is -0.107. The van der Waals surface area contributed by atoms with Crippen molar-refractivity contribution in [1.29, 1.82) is 5.26 Å². The Morgan fingerprint density at radius 3 is 2.61 bits per heavy atom. The lowest BCUT2D eigenvalue weighted by Crippen LogP contribution is -1.95. The molecule has 0 saturated heterocycles. The van der Waals surface area contributed by atoms with Gasteiger partial charge in [-0.1, -0.05) is 23.7 Å². The third-order valence-corrected chi connectivity index (χ3v) is 2.59. The second-order valence-electron chi connectivity index (χ2n) is 3.51. The van der Waals surface area contributed by atoms with Crippen LogP contribution in [0, 0.1) is 17.1 Å². The molecule has 2 N–H and O–H groups in total. The Morgan fingerprint density at radius 2 is 1.94 bits per heavy atom. The van der Waals surface area contributed by atoms with Crippen molar-refractivity contribution in [3.05, 3.63) is 52.8 Å². The molecule has 18 heavy (non-hydrogen) atoms. The van der Waals surface area contributed by atoms with Crippen LogP contribution in [0.2, 0.25) is 5.02 Å². The van der Waals surface area contributed by atoms with Crippen molar-refractivity contribution in [3.63, 3.8) is 0 Å². The maximum Gasteiger partial charge on any atom is 0.147 e. The van der Waals surface area contributed by atoms with Gasteiger partial charge >= 0.3 is 0 Å². The zero-order chi connectivity index (χ0) is 13.1. The van der Waals surface area contributed by atoms with Gasteiger partial charge in [-0.15, -0.1) is 0 Å². The number of ether oxygens (including phenoxy) is 1. The van der Waals surface area contributed by atoms with Gasteiger partial charge in [0.2, 0.25) is 0 Å². The van der Waals surface area contributed by atoms with Gasteiger partial charge in [-0.3, -0.25) is 0 Å². The standard InChI is InChI=1S/C13H8ClFN2O/c14-9-3-1-2-4-12(9)18-13-6-11(17)10(15)5-8(13)7-16/h1-6H,17H2. The number of hydrogen-bond donors (Lipinski definition) is 1. The van der Waals surface area contributed by atoms with Gasteiger partial charge in [0.25, 0.3) is 0 Å². The minimum Gasteiger partial charge on any atom is -0.454 e. The molecule has 0 spiro atoms. The molecule has 5 heteroatoms. The van der Waals surface area contributed by atoms with Crippen LogP contribution in [-0.2, 0) is 0 Å². The third kappa shape index (κ3) is 2.36. The molecule has 2 aromatic rings. The van der Waals surface area contributed by atoms with Gasteiger partial charge in [0.05, 0.1) is 16.3 Å². The van der Waals surface area contributed by atoms with Crippen molar-refractivity contribution in [2.24, 2.45) is 0 Å². The van der Waals surface area contributed by atoms with Crippen molar-refractivity contribution >= 4 is 17.3 Å². The first-order chi connectivity index (χ1) is 8.61. The summed E-state index contributed by atoms with van der Waals surface area (Å²) in [6.07, 6.45) is 0. The lowest BCUT2D eigenvalue weighted by molar-refractivity contribution is 0.479. The van der Waals surface area contributed by atoms with Crippen molar-refractivity contribution < 1.29 is 9.13 Å². The molecule has 0 amide bonds. The molecular weight excluding hydrogens is 255 g/mol. The number of nitrogens with two attached hydrogens (primary N) is 1. The molecule has 2 aromatic carbocycles. The number of nitrogens with zero attached hydrogens (tertiary/aromatic N) is 1. The average molecular weight is 263 g/mol. The van der Waals surface area contributed by atoms with E-state index in [1.165, 1.54) is 6.07 Å². The Balaban J connectivity index is 2.44. The van der Waals surface area contributed by atoms with E-state index in [0.29, 0.717) is 10.8 Å². The minimum atomic E-state index is -0.655. The average Bonchev–Trinajstić information content (AvgIpc) is 2.36. The molecule has 0 radical (unpaired) electrons. The Bertz CT molecular complexity index is 637. The van der Waals surface area contributed by atoms with Gasteiger partial charge in [-0.05, 0) is 18.2 Å². The first-order valence-corrected chi connectivity index (χ1v) is 5.41. The van der Waals surface area contributed by atoms with E-state index in [0.717, 1.165) is 6.07 Å². The molecular formula is C13H8ClFN2O. The fourth-order valence-corrected chi connectivity index (χ4v) is 1.56. The zero-order valence-corrected chi connectivity index (χ0v) is 9.91. The highest BCUT2D eigenvalue weighted by molar-refractivity contribution is 6.32. The van der Waals surface area contributed by atoms with E-state index in [4.69, 9.17) is 27.3 Å². The molecule has 3 nitrogen and oxygen atoms in total. The number of hydrogen-bond acceptors (Lipinski definition) is 3. The number of anilines is 1. The van der Waals surface area contributed by atoms with Crippen molar-refractivity contribution in [2.75, 3.05) is 5.73 Å². The first-order valence-electron chi connectivity index (χ1n) is 5.03. The summed E-state index contributed by atoms with van der Waals surface area (Å²) in [6, 6.07) is 10.9. The van der Waals surface area contributed by atoms with Crippen LogP contribution in [0.4, 0.5) is 10.1 Å². The van der Waals surface area contributed by atoms with E-state index in [2.05, 4.69) is 0 Å².